The normalized spacial score (nSPS) is 10.5. The van der Waals surface area contributed by atoms with Gasteiger partial charge in [0.2, 0.25) is 0 Å². The maximum absolute atomic E-state index is 12.3. The highest BCUT2D eigenvalue weighted by Gasteiger charge is 2.13. The molecule has 2 aromatic rings. The van der Waals surface area contributed by atoms with Crippen molar-refractivity contribution in [2.45, 2.75) is 27.4 Å². The Bertz CT molecular complexity index is 632. The van der Waals surface area contributed by atoms with Crippen LogP contribution in [-0.4, -0.2) is 17.3 Å². The smallest absolute Gasteiger partial charge is 0.176 e. The Morgan fingerprint density at radius 3 is 2.41 bits per heavy atom. The fourth-order valence-corrected chi connectivity index (χ4v) is 2.65. The lowest BCUT2D eigenvalue weighted by atomic mass is 10.1. The predicted molar refractivity (Wildman–Crippen MR) is 94.0 cm³/mol. The zero-order valence-corrected chi connectivity index (χ0v) is 14.2. The van der Waals surface area contributed by atoms with E-state index in [0.29, 0.717) is 23.7 Å². The van der Waals surface area contributed by atoms with Gasteiger partial charge in [-0.1, -0.05) is 48.4 Å². The molecule has 0 radical (unpaired) electrons. The van der Waals surface area contributed by atoms with Crippen molar-refractivity contribution in [3.05, 3.63) is 64.7 Å². The third kappa shape index (κ3) is 4.63. The van der Waals surface area contributed by atoms with Crippen LogP contribution in [0.15, 0.2) is 42.5 Å². The number of rotatable bonds is 7. The molecule has 0 atom stereocenters. The molecule has 3 heteroatoms. The van der Waals surface area contributed by atoms with E-state index in [9.17, 15) is 4.79 Å². The van der Waals surface area contributed by atoms with Gasteiger partial charge in [0.05, 0.1) is 11.3 Å². The highest BCUT2D eigenvalue weighted by Crippen LogP contribution is 2.23. The van der Waals surface area contributed by atoms with E-state index in [1.165, 1.54) is 5.56 Å². The van der Waals surface area contributed by atoms with Crippen LogP contribution < -0.4 is 4.74 Å². The molecule has 116 valence electrons. The van der Waals surface area contributed by atoms with Crippen LogP contribution >= 0.6 is 11.8 Å². The van der Waals surface area contributed by atoms with Crippen molar-refractivity contribution >= 4 is 17.5 Å². The Balaban J connectivity index is 2.12. The second kappa shape index (κ2) is 8.04. The van der Waals surface area contributed by atoms with E-state index in [2.05, 4.69) is 38.1 Å². The largest absolute Gasteiger partial charge is 0.488 e. The molecule has 0 aromatic heterocycles. The first kappa shape index (κ1) is 16.6. The number of ether oxygens (including phenoxy) is 1. The Labute approximate surface area is 136 Å². The molecule has 2 nitrogen and oxygen atoms in total. The Hall–Kier alpha value is -1.74. The molecule has 0 amide bonds. The van der Waals surface area contributed by atoms with Crippen LogP contribution in [0.25, 0.3) is 0 Å². The van der Waals surface area contributed by atoms with Crippen LogP contribution in [-0.2, 0) is 6.61 Å². The van der Waals surface area contributed by atoms with E-state index < -0.39 is 0 Å². The highest BCUT2D eigenvalue weighted by molar-refractivity contribution is 7.99. The molecular weight excluding hydrogens is 292 g/mol. The molecular formula is C19H22O2S. The lowest BCUT2D eigenvalue weighted by molar-refractivity contribution is 0.101. The molecule has 0 heterocycles. The number of benzene rings is 2. The van der Waals surface area contributed by atoms with E-state index >= 15 is 0 Å². The van der Waals surface area contributed by atoms with Gasteiger partial charge in [0.1, 0.15) is 12.4 Å². The molecule has 0 N–H and O–H groups in total. The molecule has 0 bridgehead atoms. The quantitative estimate of drug-likeness (QED) is 0.685. The molecule has 0 aliphatic heterocycles. The molecule has 0 spiro atoms. The number of ketones is 1. The summed E-state index contributed by atoms with van der Waals surface area (Å²) in [4.78, 5) is 12.3. The average Bonchev–Trinajstić information content (AvgIpc) is 2.53. The van der Waals surface area contributed by atoms with Crippen molar-refractivity contribution in [3.63, 3.8) is 0 Å². The third-order valence-electron chi connectivity index (χ3n) is 3.39. The summed E-state index contributed by atoms with van der Waals surface area (Å²) in [5, 5.41) is 0. The summed E-state index contributed by atoms with van der Waals surface area (Å²) in [6.07, 6.45) is 0. The van der Waals surface area contributed by atoms with E-state index in [4.69, 9.17) is 4.74 Å². The van der Waals surface area contributed by atoms with Gasteiger partial charge in [-0.25, -0.2) is 0 Å². The van der Waals surface area contributed by atoms with Gasteiger partial charge in [0.25, 0.3) is 0 Å². The molecule has 2 aromatic carbocycles. The Kier molecular flexibility index (Phi) is 6.08. The van der Waals surface area contributed by atoms with Gasteiger partial charge in [-0.3, -0.25) is 4.79 Å². The van der Waals surface area contributed by atoms with Crippen LogP contribution in [0, 0.1) is 13.8 Å². The molecule has 0 saturated carbocycles. The van der Waals surface area contributed by atoms with E-state index in [1.54, 1.807) is 11.8 Å². The van der Waals surface area contributed by atoms with Gasteiger partial charge in [-0.05, 0) is 37.3 Å². The van der Waals surface area contributed by atoms with E-state index in [1.807, 2.05) is 25.1 Å². The number of aryl methyl sites for hydroxylation is 2. The monoisotopic (exact) mass is 314 g/mol. The molecule has 0 aliphatic carbocycles. The Morgan fingerprint density at radius 1 is 1.05 bits per heavy atom. The lowest BCUT2D eigenvalue weighted by Gasteiger charge is -2.12. The number of Topliss-reactive ketones (excluding diaryl/α,β-unsaturated/α-hetero) is 1. The molecule has 2 rings (SSSR count). The van der Waals surface area contributed by atoms with E-state index in [0.717, 1.165) is 16.9 Å². The van der Waals surface area contributed by atoms with Crippen molar-refractivity contribution in [2.24, 2.45) is 0 Å². The summed E-state index contributed by atoms with van der Waals surface area (Å²) in [5.74, 6) is 2.25. The standard InChI is InChI=1S/C19H22O2S/c1-4-22-13-18(20)17-11-15(3)7-10-19(17)21-12-16-8-5-14(2)6-9-16/h5-11H,4,12-13H2,1-3H3. The summed E-state index contributed by atoms with van der Waals surface area (Å²) in [7, 11) is 0. The number of carbonyl (C=O) groups excluding carboxylic acids is 1. The van der Waals surface area contributed by atoms with Crippen LogP contribution in [0.3, 0.4) is 0 Å². The van der Waals surface area contributed by atoms with Crippen LogP contribution in [0.2, 0.25) is 0 Å². The van der Waals surface area contributed by atoms with Crippen LogP contribution in [0.5, 0.6) is 5.75 Å². The molecule has 0 saturated heterocycles. The summed E-state index contributed by atoms with van der Waals surface area (Å²) in [5.41, 5.74) is 4.10. The van der Waals surface area contributed by atoms with Crippen molar-refractivity contribution in [3.8, 4) is 5.75 Å². The molecule has 0 fully saturated rings. The van der Waals surface area contributed by atoms with Crippen molar-refractivity contribution in [1.29, 1.82) is 0 Å². The lowest BCUT2D eigenvalue weighted by Crippen LogP contribution is -2.07. The third-order valence-corrected chi connectivity index (χ3v) is 4.26. The summed E-state index contributed by atoms with van der Waals surface area (Å²) in [6, 6.07) is 14.0. The topological polar surface area (TPSA) is 26.3 Å². The van der Waals surface area contributed by atoms with Gasteiger partial charge in [-0.15, -0.1) is 0 Å². The fraction of sp³-hybridized carbons (Fsp3) is 0.316. The summed E-state index contributed by atoms with van der Waals surface area (Å²) >= 11 is 1.64. The van der Waals surface area contributed by atoms with Crippen molar-refractivity contribution in [1.82, 2.24) is 0 Å². The first-order valence-electron chi connectivity index (χ1n) is 7.50. The van der Waals surface area contributed by atoms with Crippen molar-refractivity contribution in [2.75, 3.05) is 11.5 Å². The van der Waals surface area contributed by atoms with Gasteiger partial charge >= 0.3 is 0 Å². The van der Waals surface area contributed by atoms with Gasteiger partial charge < -0.3 is 4.74 Å². The Morgan fingerprint density at radius 2 is 1.73 bits per heavy atom. The SMILES string of the molecule is CCSCC(=O)c1cc(C)ccc1OCc1ccc(C)cc1. The summed E-state index contributed by atoms with van der Waals surface area (Å²) in [6.45, 7) is 6.59. The maximum atomic E-state index is 12.3. The number of thioether (sulfide) groups is 1. The molecule has 22 heavy (non-hydrogen) atoms. The second-order valence-corrected chi connectivity index (χ2v) is 6.61. The van der Waals surface area contributed by atoms with Crippen molar-refractivity contribution < 1.29 is 9.53 Å². The number of carbonyl (C=O) groups is 1. The average molecular weight is 314 g/mol. The van der Waals surface area contributed by atoms with Crippen LogP contribution in [0.4, 0.5) is 0 Å². The fourth-order valence-electron chi connectivity index (χ4n) is 2.11. The first-order valence-corrected chi connectivity index (χ1v) is 8.65. The highest BCUT2D eigenvalue weighted by atomic mass is 32.2. The minimum atomic E-state index is 0.134. The second-order valence-electron chi connectivity index (χ2n) is 5.33. The minimum Gasteiger partial charge on any atom is -0.488 e. The number of hydrogen-bond acceptors (Lipinski definition) is 3. The zero-order valence-electron chi connectivity index (χ0n) is 13.4. The number of hydrogen-bond donors (Lipinski definition) is 0. The first-order chi connectivity index (χ1) is 10.6. The minimum absolute atomic E-state index is 0.134. The summed E-state index contributed by atoms with van der Waals surface area (Å²) < 4.78 is 5.89. The van der Waals surface area contributed by atoms with Gasteiger partial charge in [0, 0.05) is 0 Å². The van der Waals surface area contributed by atoms with E-state index in [-0.39, 0.29) is 5.78 Å². The predicted octanol–water partition coefficient (Wildman–Crippen LogP) is 4.82. The van der Waals surface area contributed by atoms with Crippen LogP contribution in [0.1, 0.15) is 34.0 Å². The zero-order chi connectivity index (χ0) is 15.9. The van der Waals surface area contributed by atoms with Gasteiger partial charge in [-0.2, -0.15) is 11.8 Å². The maximum Gasteiger partial charge on any atom is 0.176 e. The van der Waals surface area contributed by atoms with Gasteiger partial charge in [0.15, 0.2) is 5.78 Å². The molecule has 0 unspecified atom stereocenters. The molecule has 0 aliphatic rings.